The number of hydrogen-bond acceptors (Lipinski definition) is 6. The first-order chi connectivity index (χ1) is 15.6. The van der Waals surface area contributed by atoms with E-state index in [1.54, 1.807) is 23.1 Å². The van der Waals surface area contributed by atoms with E-state index in [2.05, 4.69) is 22.3 Å². The molecule has 1 N–H and O–H groups in total. The van der Waals surface area contributed by atoms with Crippen molar-refractivity contribution in [3.8, 4) is 11.5 Å². The van der Waals surface area contributed by atoms with Gasteiger partial charge in [0.1, 0.15) is 6.04 Å². The van der Waals surface area contributed by atoms with Crippen LogP contribution in [-0.4, -0.2) is 66.7 Å². The normalized spacial score (nSPS) is 20.0. The molecule has 1 atom stereocenters. The van der Waals surface area contributed by atoms with Gasteiger partial charge in [0.2, 0.25) is 12.7 Å². The first-order valence-electron chi connectivity index (χ1n) is 10.7. The lowest BCUT2D eigenvalue weighted by Gasteiger charge is -2.36. The second-order valence-corrected chi connectivity index (χ2v) is 8.02. The maximum absolute atomic E-state index is 12.8. The Bertz CT molecular complexity index is 1040. The number of para-hydroxylation sites is 1. The summed E-state index contributed by atoms with van der Waals surface area (Å²) in [4.78, 5) is 43.2. The van der Waals surface area contributed by atoms with Crippen LogP contribution in [-0.2, 0) is 16.1 Å². The molecule has 0 spiro atoms. The predicted molar refractivity (Wildman–Crippen MR) is 115 cm³/mol. The number of ether oxygens (including phenoxy) is 2. The molecule has 3 heterocycles. The summed E-state index contributed by atoms with van der Waals surface area (Å²) < 4.78 is 10.6. The molecule has 0 aliphatic carbocycles. The molecule has 1 unspecified atom stereocenters. The van der Waals surface area contributed by atoms with Gasteiger partial charge in [0.25, 0.3) is 5.91 Å². The molecule has 2 aromatic rings. The number of rotatable bonds is 5. The summed E-state index contributed by atoms with van der Waals surface area (Å²) in [6.45, 7) is 2.91. The van der Waals surface area contributed by atoms with Crippen LogP contribution in [0.5, 0.6) is 11.5 Å². The van der Waals surface area contributed by atoms with Crippen LogP contribution < -0.4 is 19.7 Å². The van der Waals surface area contributed by atoms with Gasteiger partial charge in [0, 0.05) is 31.9 Å². The molecule has 9 heteroatoms. The van der Waals surface area contributed by atoms with Crippen molar-refractivity contribution in [1.29, 1.82) is 0 Å². The second-order valence-electron chi connectivity index (χ2n) is 8.02. The van der Waals surface area contributed by atoms with Crippen LogP contribution in [0.1, 0.15) is 12.0 Å². The highest BCUT2D eigenvalue weighted by Gasteiger charge is 2.40. The molecule has 166 valence electrons. The standard InChI is InChI=1S/C23H24N4O5/c28-21(26-10-8-25(9-11-26)17-4-2-1-3-5-17)13-18-22(29)27(23(30)24-18)14-16-6-7-19-20(12-16)32-15-31-19/h1-7,12,18H,8-11,13-15H2,(H,24,30). The lowest BCUT2D eigenvalue weighted by atomic mass is 10.1. The third-order valence-corrected chi connectivity index (χ3v) is 6.02. The van der Waals surface area contributed by atoms with Gasteiger partial charge in [-0.3, -0.25) is 14.5 Å². The van der Waals surface area contributed by atoms with Crippen LogP contribution in [0.3, 0.4) is 0 Å². The zero-order valence-electron chi connectivity index (χ0n) is 17.5. The molecule has 0 aromatic heterocycles. The molecule has 9 nitrogen and oxygen atoms in total. The lowest BCUT2D eigenvalue weighted by Crippen LogP contribution is -2.50. The average molecular weight is 436 g/mol. The fourth-order valence-corrected chi connectivity index (χ4v) is 4.24. The lowest BCUT2D eigenvalue weighted by molar-refractivity contribution is -0.136. The molecule has 2 saturated heterocycles. The first kappa shape index (κ1) is 20.2. The van der Waals surface area contributed by atoms with E-state index in [-0.39, 0.29) is 31.6 Å². The fraction of sp³-hybridized carbons (Fsp3) is 0.348. The number of piperazine rings is 1. The van der Waals surface area contributed by atoms with E-state index in [0.29, 0.717) is 24.6 Å². The molecule has 3 aliphatic rings. The molecule has 2 fully saturated rings. The molecule has 0 radical (unpaired) electrons. The van der Waals surface area contributed by atoms with Crippen LogP contribution in [0.15, 0.2) is 48.5 Å². The monoisotopic (exact) mass is 436 g/mol. The molecule has 32 heavy (non-hydrogen) atoms. The third kappa shape index (κ3) is 3.93. The van der Waals surface area contributed by atoms with E-state index < -0.39 is 12.1 Å². The number of fused-ring (bicyclic) bond motifs is 1. The van der Waals surface area contributed by atoms with E-state index in [1.807, 2.05) is 18.2 Å². The van der Waals surface area contributed by atoms with Crippen molar-refractivity contribution in [3.05, 3.63) is 54.1 Å². The highest BCUT2D eigenvalue weighted by molar-refractivity contribution is 6.05. The van der Waals surface area contributed by atoms with Crippen molar-refractivity contribution < 1.29 is 23.9 Å². The van der Waals surface area contributed by atoms with Gasteiger partial charge in [0.05, 0.1) is 13.0 Å². The van der Waals surface area contributed by atoms with Crippen LogP contribution >= 0.6 is 0 Å². The van der Waals surface area contributed by atoms with Crippen molar-refractivity contribution in [1.82, 2.24) is 15.1 Å². The van der Waals surface area contributed by atoms with Crippen LogP contribution in [0.4, 0.5) is 10.5 Å². The molecule has 3 aliphatic heterocycles. The summed E-state index contributed by atoms with van der Waals surface area (Å²) in [5.74, 6) is 0.725. The van der Waals surface area contributed by atoms with Gasteiger partial charge in [-0.25, -0.2) is 4.79 Å². The average Bonchev–Trinajstić information content (AvgIpc) is 3.39. The number of hydrogen-bond donors (Lipinski definition) is 1. The largest absolute Gasteiger partial charge is 0.454 e. The van der Waals surface area contributed by atoms with Gasteiger partial charge in [-0.05, 0) is 29.8 Å². The highest BCUT2D eigenvalue weighted by atomic mass is 16.7. The Kier molecular flexibility index (Phi) is 5.30. The second kappa shape index (κ2) is 8.41. The number of anilines is 1. The molecule has 4 amide bonds. The zero-order valence-corrected chi connectivity index (χ0v) is 17.5. The van der Waals surface area contributed by atoms with Crippen molar-refractivity contribution in [3.63, 3.8) is 0 Å². The minimum absolute atomic E-state index is 0.0342. The van der Waals surface area contributed by atoms with Gasteiger partial charge in [-0.2, -0.15) is 0 Å². The smallest absolute Gasteiger partial charge is 0.325 e. The van der Waals surface area contributed by atoms with E-state index in [9.17, 15) is 14.4 Å². The summed E-state index contributed by atoms with van der Waals surface area (Å²) in [5, 5.41) is 2.65. The number of amides is 4. The molecule has 0 saturated carbocycles. The summed E-state index contributed by atoms with van der Waals surface area (Å²) in [6, 6.07) is 14.1. The number of nitrogens with zero attached hydrogens (tertiary/aromatic N) is 3. The van der Waals surface area contributed by atoms with Crippen molar-refractivity contribution >= 4 is 23.5 Å². The number of carbonyl (C=O) groups excluding carboxylic acids is 3. The van der Waals surface area contributed by atoms with Gasteiger partial charge in [0.15, 0.2) is 11.5 Å². The van der Waals surface area contributed by atoms with E-state index in [1.165, 1.54) is 0 Å². The first-order valence-corrected chi connectivity index (χ1v) is 10.7. The van der Waals surface area contributed by atoms with Gasteiger partial charge in [-0.1, -0.05) is 24.3 Å². The quantitative estimate of drug-likeness (QED) is 0.716. The minimum Gasteiger partial charge on any atom is -0.454 e. The molecular formula is C23H24N4O5. The van der Waals surface area contributed by atoms with E-state index in [4.69, 9.17) is 9.47 Å². The number of benzene rings is 2. The summed E-state index contributed by atoms with van der Waals surface area (Å²) in [6.07, 6.45) is -0.0342. The Balaban J connectivity index is 1.16. The number of carbonyl (C=O) groups is 3. The molecule has 0 bridgehead atoms. The third-order valence-electron chi connectivity index (χ3n) is 6.02. The van der Waals surface area contributed by atoms with E-state index >= 15 is 0 Å². The Hall–Kier alpha value is -3.75. The van der Waals surface area contributed by atoms with E-state index in [0.717, 1.165) is 29.2 Å². The highest BCUT2D eigenvalue weighted by Crippen LogP contribution is 2.33. The van der Waals surface area contributed by atoms with Crippen molar-refractivity contribution in [2.24, 2.45) is 0 Å². The number of imide groups is 1. The SMILES string of the molecule is O=C(CC1NC(=O)N(Cc2ccc3c(c2)OCO3)C1=O)N1CCN(c2ccccc2)CC1. The van der Waals surface area contributed by atoms with Crippen LogP contribution in [0, 0.1) is 0 Å². The van der Waals surface area contributed by atoms with Crippen LogP contribution in [0.25, 0.3) is 0 Å². The summed E-state index contributed by atoms with van der Waals surface area (Å²) in [5.41, 5.74) is 1.89. The van der Waals surface area contributed by atoms with Gasteiger partial charge < -0.3 is 24.6 Å². The summed E-state index contributed by atoms with van der Waals surface area (Å²) >= 11 is 0. The number of nitrogens with one attached hydrogen (secondary N) is 1. The van der Waals surface area contributed by atoms with Gasteiger partial charge >= 0.3 is 6.03 Å². The molecule has 2 aromatic carbocycles. The number of urea groups is 1. The minimum atomic E-state index is -0.837. The Morgan fingerprint density at radius 1 is 0.969 bits per heavy atom. The Morgan fingerprint density at radius 3 is 2.50 bits per heavy atom. The predicted octanol–water partition coefficient (Wildman–Crippen LogP) is 1.57. The topological polar surface area (TPSA) is 91.4 Å². The fourth-order valence-electron chi connectivity index (χ4n) is 4.24. The summed E-state index contributed by atoms with van der Waals surface area (Å²) in [7, 11) is 0. The Morgan fingerprint density at radius 2 is 1.72 bits per heavy atom. The van der Waals surface area contributed by atoms with Gasteiger partial charge in [-0.15, -0.1) is 0 Å². The maximum atomic E-state index is 12.8. The van der Waals surface area contributed by atoms with Crippen molar-refractivity contribution in [2.45, 2.75) is 19.0 Å². The Labute approximate surface area is 185 Å². The molecular weight excluding hydrogens is 412 g/mol. The molecule has 5 rings (SSSR count). The van der Waals surface area contributed by atoms with Crippen LogP contribution in [0.2, 0.25) is 0 Å². The zero-order chi connectivity index (χ0) is 22.1. The maximum Gasteiger partial charge on any atom is 0.325 e. The van der Waals surface area contributed by atoms with Crippen molar-refractivity contribution in [2.75, 3.05) is 37.9 Å².